The molecule has 0 saturated carbocycles. The fourth-order valence-corrected chi connectivity index (χ4v) is 2.42. The SMILES string of the molecule is CCOc1ccc(CCCC(=O)N/N=C\c2ccc(Br)cc2)cc1. The second kappa shape index (κ2) is 9.88. The van der Waals surface area contributed by atoms with Gasteiger partial charge in [-0.1, -0.05) is 40.2 Å². The maximum Gasteiger partial charge on any atom is 0.240 e. The highest BCUT2D eigenvalue weighted by atomic mass is 79.9. The minimum absolute atomic E-state index is 0.0747. The third kappa shape index (κ3) is 6.54. The van der Waals surface area contributed by atoms with Crippen molar-refractivity contribution in [2.75, 3.05) is 6.61 Å². The molecular formula is C19H21BrN2O2. The van der Waals surface area contributed by atoms with E-state index in [0.717, 1.165) is 28.6 Å². The van der Waals surface area contributed by atoms with Gasteiger partial charge in [-0.2, -0.15) is 5.10 Å². The zero-order valence-electron chi connectivity index (χ0n) is 13.7. The third-order valence-corrected chi connectivity index (χ3v) is 3.91. The Bertz CT molecular complexity index is 667. The Kier molecular flexibility index (Phi) is 7.49. The molecule has 0 aromatic heterocycles. The number of hydrazone groups is 1. The molecule has 2 rings (SSSR count). The van der Waals surface area contributed by atoms with Gasteiger partial charge in [-0.15, -0.1) is 0 Å². The molecule has 2 aromatic carbocycles. The summed E-state index contributed by atoms with van der Waals surface area (Å²) in [7, 11) is 0. The first-order valence-corrected chi connectivity index (χ1v) is 8.76. The highest BCUT2D eigenvalue weighted by Gasteiger charge is 2.01. The van der Waals surface area contributed by atoms with Gasteiger partial charge in [-0.3, -0.25) is 4.79 Å². The van der Waals surface area contributed by atoms with E-state index in [9.17, 15) is 4.79 Å². The molecule has 0 heterocycles. The van der Waals surface area contributed by atoms with Crippen LogP contribution in [0.4, 0.5) is 0 Å². The second-order valence-corrected chi connectivity index (χ2v) is 6.19. The van der Waals surface area contributed by atoms with E-state index in [2.05, 4.69) is 26.5 Å². The standard InChI is InChI=1S/C19H21BrN2O2/c1-2-24-18-12-8-15(9-13-18)4-3-5-19(23)22-21-14-16-6-10-17(20)11-7-16/h6-14H,2-5H2,1H3,(H,22,23)/b21-14-. The van der Waals surface area contributed by atoms with Crippen molar-refractivity contribution in [3.63, 3.8) is 0 Å². The summed E-state index contributed by atoms with van der Waals surface area (Å²) in [5.74, 6) is 0.801. The van der Waals surface area contributed by atoms with Crippen LogP contribution in [0.15, 0.2) is 58.1 Å². The molecule has 5 heteroatoms. The van der Waals surface area contributed by atoms with Crippen molar-refractivity contribution in [3.8, 4) is 5.75 Å². The molecule has 0 saturated heterocycles. The summed E-state index contributed by atoms with van der Waals surface area (Å²) in [6.45, 7) is 2.63. The van der Waals surface area contributed by atoms with Gasteiger partial charge in [0.1, 0.15) is 5.75 Å². The Hall–Kier alpha value is -2.14. The van der Waals surface area contributed by atoms with Gasteiger partial charge in [0.15, 0.2) is 0 Å². The van der Waals surface area contributed by atoms with Crippen molar-refractivity contribution in [3.05, 3.63) is 64.1 Å². The fourth-order valence-electron chi connectivity index (χ4n) is 2.16. The highest BCUT2D eigenvalue weighted by molar-refractivity contribution is 9.10. The zero-order valence-corrected chi connectivity index (χ0v) is 15.3. The third-order valence-electron chi connectivity index (χ3n) is 3.38. The maximum atomic E-state index is 11.8. The van der Waals surface area contributed by atoms with E-state index < -0.39 is 0 Å². The molecule has 0 radical (unpaired) electrons. The van der Waals surface area contributed by atoms with Crippen LogP contribution in [0.3, 0.4) is 0 Å². The number of hydrogen-bond acceptors (Lipinski definition) is 3. The maximum absolute atomic E-state index is 11.8. The number of nitrogens with zero attached hydrogens (tertiary/aromatic N) is 1. The lowest BCUT2D eigenvalue weighted by Crippen LogP contribution is -2.17. The minimum atomic E-state index is -0.0747. The summed E-state index contributed by atoms with van der Waals surface area (Å²) in [6, 6.07) is 15.7. The van der Waals surface area contributed by atoms with Crippen LogP contribution in [0.5, 0.6) is 5.75 Å². The van der Waals surface area contributed by atoms with Crippen molar-refractivity contribution in [2.24, 2.45) is 5.10 Å². The summed E-state index contributed by atoms with van der Waals surface area (Å²) in [5.41, 5.74) is 4.69. The molecule has 4 nitrogen and oxygen atoms in total. The van der Waals surface area contributed by atoms with Crippen molar-refractivity contribution >= 4 is 28.1 Å². The fraction of sp³-hybridized carbons (Fsp3) is 0.263. The molecule has 126 valence electrons. The molecule has 0 bridgehead atoms. The van der Waals surface area contributed by atoms with E-state index in [4.69, 9.17) is 4.74 Å². The quantitative estimate of drug-likeness (QED) is 0.540. The predicted molar refractivity (Wildman–Crippen MR) is 100 cm³/mol. The van der Waals surface area contributed by atoms with Crippen molar-refractivity contribution < 1.29 is 9.53 Å². The van der Waals surface area contributed by atoms with Gasteiger partial charge in [0.05, 0.1) is 12.8 Å². The minimum Gasteiger partial charge on any atom is -0.494 e. The summed E-state index contributed by atoms with van der Waals surface area (Å²) >= 11 is 3.37. The largest absolute Gasteiger partial charge is 0.494 e. The van der Waals surface area contributed by atoms with E-state index in [-0.39, 0.29) is 5.91 Å². The average Bonchev–Trinajstić information content (AvgIpc) is 2.58. The average molecular weight is 389 g/mol. The first-order valence-electron chi connectivity index (χ1n) is 7.96. The van der Waals surface area contributed by atoms with Gasteiger partial charge in [0.25, 0.3) is 0 Å². The number of nitrogens with one attached hydrogen (secondary N) is 1. The molecule has 0 atom stereocenters. The molecule has 0 aliphatic rings. The van der Waals surface area contributed by atoms with Crippen molar-refractivity contribution in [1.82, 2.24) is 5.43 Å². The van der Waals surface area contributed by atoms with Gasteiger partial charge in [0.2, 0.25) is 5.91 Å². The number of ether oxygens (including phenoxy) is 1. The van der Waals surface area contributed by atoms with Crippen LogP contribution in [0.1, 0.15) is 30.9 Å². The second-order valence-electron chi connectivity index (χ2n) is 5.28. The molecule has 0 spiro atoms. The Morgan fingerprint density at radius 1 is 1.17 bits per heavy atom. The number of halogens is 1. The predicted octanol–water partition coefficient (Wildman–Crippen LogP) is 4.32. The molecule has 2 aromatic rings. The first-order chi connectivity index (χ1) is 11.7. The van der Waals surface area contributed by atoms with Gasteiger partial charge in [-0.05, 0) is 55.2 Å². The Balaban J connectivity index is 1.68. The molecule has 0 aliphatic carbocycles. The molecule has 1 N–H and O–H groups in total. The highest BCUT2D eigenvalue weighted by Crippen LogP contribution is 2.13. The summed E-state index contributed by atoms with van der Waals surface area (Å²) in [6.07, 6.45) is 3.73. The number of benzene rings is 2. The van der Waals surface area contributed by atoms with Crippen molar-refractivity contribution in [2.45, 2.75) is 26.2 Å². The summed E-state index contributed by atoms with van der Waals surface area (Å²) in [5, 5.41) is 3.97. The number of carbonyl (C=O) groups is 1. The normalized spacial score (nSPS) is 10.8. The van der Waals surface area contributed by atoms with Crippen LogP contribution in [0, 0.1) is 0 Å². The lowest BCUT2D eigenvalue weighted by molar-refractivity contribution is -0.121. The Labute approximate surface area is 151 Å². The topological polar surface area (TPSA) is 50.7 Å². The van der Waals surface area contributed by atoms with Crippen molar-refractivity contribution in [1.29, 1.82) is 0 Å². The number of carbonyl (C=O) groups excluding carboxylic acids is 1. The van der Waals surface area contributed by atoms with Crippen LogP contribution in [-0.4, -0.2) is 18.7 Å². The smallest absolute Gasteiger partial charge is 0.240 e. The lowest BCUT2D eigenvalue weighted by atomic mass is 10.1. The van der Waals surface area contributed by atoms with Gasteiger partial charge >= 0.3 is 0 Å². The number of amides is 1. The van der Waals surface area contributed by atoms with Gasteiger partial charge in [-0.25, -0.2) is 5.43 Å². The monoisotopic (exact) mass is 388 g/mol. The molecule has 0 aliphatic heterocycles. The molecule has 1 amide bonds. The van der Waals surface area contributed by atoms with E-state index in [1.807, 2.05) is 55.5 Å². The summed E-state index contributed by atoms with van der Waals surface area (Å²) in [4.78, 5) is 11.8. The number of rotatable bonds is 8. The molecular weight excluding hydrogens is 368 g/mol. The van der Waals surface area contributed by atoms with Gasteiger partial charge < -0.3 is 4.74 Å². The Morgan fingerprint density at radius 3 is 2.54 bits per heavy atom. The van der Waals surface area contributed by atoms with Crippen LogP contribution >= 0.6 is 15.9 Å². The number of aryl methyl sites for hydroxylation is 1. The Morgan fingerprint density at radius 2 is 1.88 bits per heavy atom. The summed E-state index contributed by atoms with van der Waals surface area (Å²) < 4.78 is 6.42. The van der Waals surface area contributed by atoms with Crippen LogP contribution in [0.2, 0.25) is 0 Å². The molecule has 24 heavy (non-hydrogen) atoms. The molecule has 0 fully saturated rings. The van der Waals surface area contributed by atoms with E-state index >= 15 is 0 Å². The van der Waals surface area contributed by atoms with Gasteiger partial charge in [0, 0.05) is 10.9 Å². The van der Waals surface area contributed by atoms with E-state index in [0.29, 0.717) is 13.0 Å². The van der Waals surface area contributed by atoms with E-state index in [1.165, 1.54) is 5.56 Å². The number of hydrogen-bond donors (Lipinski definition) is 1. The van der Waals surface area contributed by atoms with Crippen LogP contribution < -0.4 is 10.2 Å². The van der Waals surface area contributed by atoms with Crippen LogP contribution in [-0.2, 0) is 11.2 Å². The molecule has 0 unspecified atom stereocenters. The van der Waals surface area contributed by atoms with Crippen LogP contribution in [0.25, 0.3) is 0 Å². The lowest BCUT2D eigenvalue weighted by Gasteiger charge is -2.05. The van der Waals surface area contributed by atoms with E-state index in [1.54, 1.807) is 6.21 Å². The first kappa shape index (κ1) is 18.2. The zero-order chi connectivity index (χ0) is 17.2.